The molecule has 0 bridgehead atoms. The van der Waals surface area contributed by atoms with Crippen LogP contribution in [0, 0.1) is 5.92 Å². The van der Waals surface area contributed by atoms with E-state index in [2.05, 4.69) is 24.5 Å². The fourth-order valence-corrected chi connectivity index (χ4v) is 3.16. The van der Waals surface area contributed by atoms with Gasteiger partial charge in [0.15, 0.2) is 0 Å². The molecule has 2 fully saturated rings. The molecule has 0 saturated carbocycles. The molecule has 2 heterocycles. The third-order valence-electron chi connectivity index (χ3n) is 4.39. The first kappa shape index (κ1) is 13.8. The number of rotatable bonds is 5. The lowest BCUT2D eigenvalue weighted by atomic mass is 9.89. The van der Waals surface area contributed by atoms with Crippen molar-refractivity contribution in [3.05, 3.63) is 0 Å². The van der Waals surface area contributed by atoms with E-state index in [-0.39, 0.29) is 17.5 Å². The van der Waals surface area contributed by atoms with Crippen molar-refractivity contribution in [3.63, 3.8) is 0 Å². The molecule has 3 unspecified atom stereocenters. The van der Waals surface area contributed by atoms with E-state index in [1.807, 2.05) is 0 Å². The zero-order valence-electron chi connectivity index (χ0n) is 11.6. The predicted octanol–water partition coefficient (Wildman–Crippen LogP) is 1.45. The van der Waals surface area contributed by atoms with Gasteiger partial charge in [-0.2, -0.15) is 0 Å². The molecule has 4 nitrogen and oxygen atoms in total. The van der Waals surface area contributed by atoms with Crippen LogP contribution in [0.3, 0.4) is 0 Å². The molecular formula is C14H26N2O2. The minimum atomic E-state index is -0.303. The Morgan fingerprint density at radius 1 is 1.61 bits per heavy atom. The van der Waals surface area contributed by atoms with Gasteiger partial charge in [-0.1, -0.05) is 13.3 Å². The van der Waals surface area contributed by atoms with Crippen LogP contribution < -0.4 is 10.6 Å². The van der Waals surface area contributed by atoms with Crippen LogP contribution in [0.5, 0.6) is 0 Å². The van der Waals surface area contributed by atoms with Gasteiger partial charge in [0.1, 0.15) is 0 Å². The van der Waals surface area contributed by atoms with Crippen molar-refractivity contribution in [1.82, 2.24) is 10.6 Å². The van der Waals surface area contributed by atoms with Gasteiger partial charge in [0.2, 0.25) is 5.91 Å². The van der Waals surface area contributed by atoms with Crippen LogP contribution in [-0.4, -0.2) is 37.2 Å². The van der Waals surface area contributed by atoms with Gasteiger partial charge in [-0.15, -0.1) is 0 Å². The van der Waals surface area contributed by atoms with Crippen LogP contribution in [0.2, 0.25) is 0 Å². The third kappa shape index (κ3) is 2.86. The molecule has 1 amide bonds. The van der Waals surface area contributed by atoms with Crippen LogP contribution in [0.25, 0.3) is 0 Å². The molecule has 2 N–H and O–H groups in total. The van der Waals surface area contributed by atoms with Gasteiger partial charge in [0.25, 0.3) is 0 Å². The van der Waals surface area contributed by atoms with Gasteiger partial charge < -0.3 is 15.4 Å². The largest absolute Gasteiger partial charge is 0.381 e. The molecule has 0 aromatic rings. The molecule has 2 aliphatic rings. The van der Waals surface area contributed by atoms with Gasteiger partial charge >= 0.3 is 0 Å². The number of carbonyl (C=O) groups is 1. The summed E-state index contributed by atoms with van der Waals surface area (Å²) in [6, 6.07) is 0.219. The second-order valence-electron chi connectivity index (χ2n) is 5.75. The van der Waals surface area contributed by atoms with Gasteiger partial charge in [-0.25, -0.2) is 0 Å². The summed E-state index contributed by atoms with van der Waals surface area (Å²) in [7, 11) is 0. The summed E-state index contributed by atoms with van der Waals surface area (Å²) in [4.78, 5) is 12.5. The molecule has 18 heavy (non-hydrogen) atoms. The highest BCUT2D eigenvalue weighted by Crippen LogP contribution is 2.26. The molecule has 104 valence electrons. The number of ether oxygens (including phenoxy) is 1. The Balaban J connectivity index is 1.92. The number of hydrogen-bond acceptors (Lipinski definition) is 3. The second-order valence-corrected chi connectivity index (χ2v) is 5.75. The molecular weight excluding hydrogens is 228 g/mol. The van der Waals surface area contributed by atoms with E-state index in [1.54, 1.807) is 0 Å². The normalized spacial score (nSPS) is 33.6. The van der Waals surface area contributed by atoms with Crippen LogP contribution >= 0.6 is 0 Å². The van der Waals surface area contributed by atoms with E-state index in [0.717, 1.165) is 51.9 Å². The molecule has 2 rings (SSSR count). The smallest absolute Gasteiger partial charge is 0.240 e. The standard InChI is InChI=1S/C14H26N2O2/c1-3-6-14(7-4-8-15-14)13(17)16-11(2)12-5-9-18-10-12/h11-12,15H,3-10H2,1-2H3,(H,16,17). The van der Waals surface area contributed by atoms with Crippen molar-refractivity contribution in [2.24, 2.45) is 5.92 Å². The first-order valence-electron chi connectivity index (χ1n) is 7.32. The van der Waals surface area contributed by atoms with Gasteiger partial charge in [-0.3, -0.25) is 4.79 Å². The van der Waals surface area contributed by atoms with Crippen molar-refractivity contribution >= 4 is 5.91 Å². The van der Waals surface area contributed by atoms with E-state index in [1.165, 1.54) is 0 Å². The van der Waals surface area contributed by atoms with E-state index in [9.17, 15) is 4.79 Å². The number of hydrogen-bond donors (Lipinski definition) is 2. The zero-order valence-corrected chi connectivity index (χ0v) is 11.6. The maximum atomic E-state index is 12.5. The van der Waals surface area contributed by atoms with Gasteiger partial charge in [-0.05, 0) is 39.2 Å². The highest BCUT2D eigenvalue weighted by atomic mass is 16.5. The maximum Gasteiger partial charge on any atom is 0.240 e. The number of nitrogens with one attached hydrogen (secondary N) is 2. The van der Waals surface area contributed by atoms with Crippen molar-refractivity contribution in [2.45, 2.75) is 57.5 Å². The lowest BCUT2D eigenvalue weighted by molar-refractivity contribution is -0.128. The third-order valence-corrected chi connectivity index (χ3v) is 4.39. The Bertz CT molecular complexity index is 282. The summed E-state index contributed by atoms with van der Waals surface area (Å²) >= 11 is 0. The van der Waals surface area contributed by atoms with Gasteiger partial charge in [0, 0.05) is 18.6 Å². The average molecular weight is 254 g/mol. The minimum absolute atomic E-state index is 0.196. The fraction of sp³-hybridized carbons (Fsp3) is 0.929. The summed E-state index contributed by atoms with van der Waals surface area (Å²) < 4.78 is 5.39. The highest BCUT2D eigenvalue weighted by Gasteiger charge is 2.40. The first-order valence-corrected chi connectivity index (χ1v) is 7.32. The van der Waals surface area contributed by atoms with Crippen molar-refractivity contribution in [3.8, 4) is 0 Å². The van der Waals surface area contributed by atoms with Crippen LogP contribution in [0.4, 0.5) is 0 Å². The topological polar surface area (TPSA) is 50.4 Å². The number of amides is 1. The van der Waals surface area contributed by atoms with Crippen LogP contribution in [-0.2, 0) is 9.53 Å². The number of carbonyl (C=O) groups excluding carboxylic acids is 1. The molecule has 0 spiro atoms. The van der Waals surface area contributed by atoms with Gasteiger partial charge in [0.05, 0.1) is 12.1 Å². The first-order chi connectivity index (χ1) is 8.68. The van der Waals surface area contributed by atoms with Crippen LogP contribution in [0.1, 0.15) is 46.0 Å². The maximum absolute atomic E-state index is 12.5. The fourth-order valence-electron chi connectivity index (χ4n) is 3.16. The second kappa shape index (κ2) is 6.02. The summed E-state index contributed by atoms with van der Waals surface area (Å²) in [6.07, 6.45) is 5.12. The minimum Gasteiger partial charge on any atom is -0.381 e. The Hall–Kier alpha value is -0.610. The lowest BCUT2D eigenvalue weighted by Crippen LogP contribution is -2.56. The zero-order chi connectivity index (χ0) is 13.0. The predicted molar refractivity (Wildman–Crippen MR) is 71.4 cm³/mol. The summed E-state index contributed by atoms with van der Waals surface area (Å²) in [5.41, 5.74) is -0.303. The molecule has 2 saturated heterocycles. The summed E-state index contributed by atoms with van der Waals surface area (Å²) in [5, 5.41) is 6.63. The van der Waals surface area contributed by atoms with E-state index in [0.29, 0.717) is 5.92 Å². The van der Waals surface area contributed by atoms with Crippen molar-refractivity contribution < 1.29 is 9.53 Å². The quantitative estimate of drug-likeness (QED) is 0.781. The Labute approximate surface area is 110 Å². The Morgan fingerprint density at radius 2 is 2.44 bits per heavy atom. The highest BCUT2D eigenvalue weighted by molar-refractivity contribution is 5.86. The molecule has 0 aliphatic carbocycles. The molecule has 0 radical (unpaired) electrons. The molecule has 4 heteroatoms. The van der Waals surface area contributed by atoms with Crippen LogP contribution in [0.15, 0.2) is 0 Å². The average Bonchev–Trinajstić information content (AvgIpc) is 3.00. The summed E-state index contributed by atoms with van der Waals surface area (Å²) in [6.45, 7) is 6.84. The Kier molecular flexibility index (Phi) is 4.62. The van der Waals surface area contributed by atoms with Crippen molar-refractivity contribution in [2.75, 3.05) is 19.8 Å². The lowest BCUT2D eigenvalue weighted by Gasteiger charge is -2.31. The Morgan fingerprint density at radius 3 is 3.00 bits per heavy atom. The molecule has 0 aromatic carbocycles. The van der Waals surface area contributed by atoms with E-state index >= 15 is 0 Å². The molecule has 0 aromatic heterocycles. The van der Waals surface area contributed by atoms with E-state index < -0.39 is 0 Å². The molecule has 2 aliphatic heterocycles. The summed E-state index contributed by atoms with van der Waals surface area (Å²) in [5.74, 6) is 0.676. The molecule has 3 atom stereocenters. The van der Waals surface area contributed by atoms with E-state index in [4.69, 9.17) is 4.74 Å². The van der Waals surface area contributed by atoms with Crippen molar-refractivity contribution in [1.29, 1.82) is 0 Å². The SMILES string of the molecule is CCCC1(C(=O)NC(C)C2CCOC2)CCCN1. The monoisotopic (exact) mass is 254 g/mol.